The molecule has 0 aliphatic carbocycles. The van der Waals surface area contributed by atoms with Gasteiger partial charge in [0, 0.05) is 19.3 Å². The summed E-state index contributed by atoms with van der Waals surface area (Å²) < 4.78 is 17.0. The highest BCUT2D eigenvalue weighted by Gasteiger charge is 2.19. The molecule has 0 bridgehead atoms. The fourth-order valence-corrected chi connectivity index (χ4v) is 10.4. The Labute approximate surface area is 515 Å². The molecule has 1 unspecified atom stereocenters. The molecule has 0 aliphatic heterocycles. The molecule has 0 amide bonds. The Hall–Kier alpha value is -3.41. The van der Waals surface area contributed by atoms with Crippen molar-refractivity contribution in [3.05, 3.63) is 85.1 Å². The van der Waals surface area contributed by atoms with Gasteiger partial charge in [0.2, 0.25) is 0 Å². The van der Waals surface area contributed by atoms with E-state index < -0.39 is 6.10 Å². The van der Waals surface area contributed by atoms with E-state index in [9.17, 15) is 14.4 Å². The predicted octanol–water partition coefficient (Wildman–Crippen LogP) is 25.0. The number of esters is 3. The van der Waals surface area contributed by atoms with Gasteiger partial charge < -0.3 is 14.2 Å². The molecule has 0 saturated heterocycles. The first-order valence-corrected chi connectivity index (χ1v) is 36.1. The topological polar surface area (TPSA) is 78.9 Å². The van der Waals surface area contributed by atoms with E-state index in [1.54, 1.807) is 0 Å². The number of ether oxygens (including phenoxy) is 3. The van der Waals surface area contributed by atoms with Crippen LogP contribution in [0.3, 0.4) is 0 Å². The maximum absolute atomic E-state index is 12.9. The molecule has 0 radical (unpaired) electrons. The Balaban J connectivity index is 4.10. The largest absolute Gasteiger partial charge is 0.462 e. The first-order valence-electron chi connectivity index (χ1n) is 36.1. The highest BCUT2D eigenvalue weighted by Crippen LogP contribution is 2.18. The molecule has 1 atom stereocenters. The van der Waals surface area contributed by atoms with Crippen LogP contribution >= 0.6 is 0 Å². The van der Waals surface area contributed by atoms with Crippen molar-refractivity contribution in [1.29, 1.82) is 0 Å². The summed E-state index contributed by atoms with van der Waals surface area (Å²) in [5.74, 6) is -0.867. The molecule has 480 valence electrons. The van der Waals surface area contributed by atoms with E-state index in [2.05, 4.69) is 106 Å². The smallest absolute Gasteiger partial charge is 0.306 e. The lowest BCUT2D eigenvalue weighted by atomic mass is 10.0. The Morgan fingerprint density at radius 2 is 0.482 bits per heavy atom. The molecule has 0 aromatic heterocycles. The van der Waals surface area contributed by atoms with E-state index in [-0.39, 0.29) is 31.1 Å². The maximum atomic E-state index is 12.9. The van der Waals surface area contributed by atoms with Crippen molar-refractivity contribution in [2.75, 3.05) is 13.2 Å². The zero-order valence-corrected chi connectivity index (χ0v) is 55.2. The van der Waals surface area contributed by atoms with Crippen LogP contribution in [-0.2, 0) is 28.6 Å². The van der Waals surface area contributed by atoms with E-state index in [0.717, 1.165) is 96.3 Å². The quantitative estimate of drug-likeness (QED) is 0.0261. The molecule has 0 saturated carbocycles. The van der Waals surface area contributed by atoms with Gasteiger partial charge in [-0.2, -0.15) is 0 Å². The standard InChI is InChI=1S/C77H136O6/c1-4-7-10-13-16-19-22-24-26-28-30-31-32-33-34-35-36-37-38-39-40-41-42-43-44-45-47-48-50-52-55-58-61-64-67-70-76(79)82-73-74(72-81-75(78)69-66-63-60-57-54-21-18-15-12-9-6-3)83-77(80)71-68-65-62-59-56-53-51-49-46-29-27-25-23-20-17-14-11-8-5-2/h7,10,15-16,18-19,24-27,30-31,33-34,74H,4-6,8-9,11-14,17,20-23,28-29,32,35-73H2,1-3H3/b10-7-,18-15-,19-16-,26-24-,27-25-,31-30-,34-33-. The number of hydrogen-bond donors (Lipinski definition) is 0. The third-order valence-corrected chi connectivity index (χ3v) is 15.9. The average molecular weight is 1160 g/mol. The van der Waals surface area contributed by atoms with Crippen LogP contribution in [0.5, 0.6) is 0 Å². The number of hydrogen-bond acceptors (Lipinski definition) is 6. The highest BCUT2D eigenvalue weighted by molar-refractivity contribution is 5.71. The van der Waals surface area contributed by atoms with Crippen LogP contribution in [-0.4, -0.2) is 37.2 Å². The summed E-state index contributed by atoms with van der Waals surface area (Å²) in [5.41, 5.74) is 0. The van der Waals surface area contributed by atoms with Crippen LogP contribution in [0, 0.1) is 0 Å². The SMILES string of the molecule is CC/C=C\C/C=C\C/C=C\C/C=C\C/C=C\CCCCCCCCCCCCCCCCCCCCCC(=O)OCC(COC(=O)CCCCCCC/C=C\CCCC)OC(=O)CCCCCCCCCCC/C=C\CCCCCCCC. The van der Waals surface area contributed by atoms with Crippen molar-refractivity contribution in [3.8, 4) is 0 Å². The summed E-state index contributed by atoms with van der Waals surface area (Å²) >= 11 is 0. The minimum Gasteiger partial charge on any atom is -0.462 e. The Morgan fingerprint density at radius 3 is 0.783 bits per heavy atom. The number of carbonyl (C=O) groups is 3. The summed E-state index contributed by atoms with van der Waals surface area (Å²) in [5, 5.41) is 0. The van der Waals surface area contributed by atoms with E-state index >= 15 is 0 Å². The van der Waals surface area contributed by atoms with E-state index in [4.69, 9.17) is 14.2 Å². The lowest BCUT2D eigenvalue weighted by Crippen LogP contribution is -2.30. The fourth-order valence-electron chi connectivity index (χ4n) is 10.4. The molecule has 0 fully saturated rings. The summed E-state index contributed by atoms with van der Waals surface area (Å²) in [6.45, 7) is 6.52. The normalized spacial score (nSPS) is 12.6. The van der Waals surface area contributed by atoms with Gasteiger partial charge >= 0.3 is 17.9 Å². The molecule has 6 nitrogen and oxygen atoms in total. The minimum absolute atomic E-state index is 0.0749. The van der Waals surface area contributed by atoms with Crippen LogP contribution in [0.15, 0.2) is 85.1 Å². The van der Waals surface area contributed by atoms with Crippen LogP contribution in [0.4, 0.5) is 0 Å². The third kappa shape index (κ3) is 69.3. The number of allylic oxidation sites excluding steroid dienone is 14. The Kier molecular flexibility index (Phi) is 68.2. The van der Waals surface area contributed by atoms with Gasteiger partial charge in [0.1, 0.15) is 13.2 Å². The van der Waals surface area contributed by atoms with E-state index in [1.807, 2.05) is 0 Å². The summed E-state index contributed by atoms with van der Waals surface area (Å²) in [7, 11) is 0. The van der Waals surface area contributed by atoms with Crippen LogP contribution in [0.1, 0.15) is 367 Å². The first-order chi connectivity index (χ1) is 41.0. The molecule has 0 spiro atoms. The molecule has 0 aromatic carbocycles. The van der Waals surface area contributed by atoms with Gasteiger partial charge in [0.25, 0.3) is 0 Å². The molecule has 0 rings (SSSR count). The summed E-state index contributed by atoms with van der Waals surface area (Å²) in [6.07, 6.45) is 94.9. The summed E-state index contributed by atoms with van der Waals surface area (Å²) in [6, 6.07) is 0. The molecule has 0 N–H and O–H groups in total. The van der Waals surface area contributed by atoms with Gasteiger partial charge in [0.15, 0.2) is 6.10 Å². The molecule has 0 heterocycles. The molecule has 6 heteroatoms. The zero-order chi connectivity index (χ0) is 59.9. The molecule has 0 aromatic rings. The van der Waals surface area contributed by atoms with Crippen molar-refractivity contribution in [2.24, 2.45) is 0 Å². The van der Waals surface area contributed by atoms with Gasteiger partial charge in [-0.1, -0.05) is 324 Å². The molecule has 83 heavy (non-hydrogen) atoms. The molecular weight excluding hydrogens is 1020 g/mol. The van der Waals surface area contributed by atoms with Crippen molar-refractivity contribution >= 4 is 17.9 Å². The summed E-state index contributed by atoms with van der Waals surface area (Å²) in [4.78, 5) is 38.3. The lowest BCUT2D eigenvalue weighted by molar-refractivity contribution is -0.167. The second-order valence-electron chi connectivity index (χ2n) is 24.1. The van der Waals surface area contributed by atoms with E-state index in [0.29, 0.717) is 19.3 Å². The van der Waals surface area contributed by atoms with Gasteiger partial charge in [-0.05, 0) is 109 Å². The molecule has 0 aliphatic rings. The first kappa shape index (κ1) is 79.6. The van der Waals surface area contributed by atoms with Gasteiger partial charge in [0.05, 0.1) is 0 Å². The van der Waals surface area contributed by atoms with Crippen LogP contribution in [0.25, 0.3) is 0 Å². The second kappa shape index (κ2) is 71.1. The minimum atomic E-state index is -0.779. The molecular formula is C77H136O6. The third-order valence-electron chi connectivity index (χ3n) is 15.9. The van der Waals surface area contributed by atoms with Crippen molar-refractivity contribution in [2.45, 2.75) is 374 Å². The van der Waals surface area contributed by atoms with Gasteiger partial charge in [-0.25, -0.2) is 0 Å². The van der Waals surface area contributed by atoms with Crippen molar-refractivity contribution in [3.63, 3.8) is 0 Å². The Morgan fingerprint density at radius 1 is 0.253 bits per heavy atom. The highest BCUT2D eigenvalue weighted by atomic mass is 16.6. The van der Waals surface area contributed by atoms with E-state index in [1.165, 1.54) is 231 Å². The lowest BCUT2D eigenvalue weighted by Gasteiger charge is -2.18. The Bertz CT molecular complexity index is 1570. The monoisotopic (exact) mass is 1160 g/mol. The van der Waals surface area contributed by atoms with Gasteiger partial charge in [-0.15, -0.1) is 0 Å². The second-order valence-corrected chi connectivity index (χ2v) is 24.1. The number of rotatable bonds is 66. The fraction of sp³-hybridized carbons (Fsp3) is 0.779. The van der Waals surface area contributed by atoms with Crippen molar-refractivity contribution in [1.82, 2.24) is 0 Å². The number of unbranched alkanes of at least 4 members (excludes halogenated alkanes) is 41. The average Bonchev–Trinajstić information content (AvgIpc) is 3.48. The van der Waals surface area contributed by atoms with Crippen LogP contribution in [0.2, 0.25) is 0 Å². The zero-order valence-electron chi connectivity index (χ0n) is 55.2. The number of carbonyl (C=O) groups excluding carboxylic acids is 3. The predicted molar refractivity (Wildman–Crippen MR) is 362 cm³/mol. The van der Waals surface area contributed by atoms with Gasteiger partial charge in [-0.3, -0.25) is 14.4 Å². The van der Waals surface area contributed by atoms with Crippen molar-refractivity contribution < 1.29 is 28.6 Å². The van der Waals surface area contributed by atoms with Crippen LogP contribution < -0.4 is 0 Å². The maximum Gasteiger partial charge on any atom is 0.306 e.